The van der Waals surface area contributed by atoms with E-state index in [1.165, 1.54) is 11.1 Å². The molecule has 0 atom stereocenters. The minimum atomic E-state index is -0.149. The van der Waals surface area contributed by atoms with Gasteiger partial charge in [0.15, 0.2) is 0 Å². The molecule has 4 rings (SSSR count). The highest BCUT2D eigenvalue weighted by Gasteiger charge is 2.27. The molecule has 4 nitrogen and oxygen atoms in total. The summed E-state index contributed by atoms with van der Waals surface area (Å²) in [4.78, 5) is 2.56. The lowest BCUT2D eigenvalue weighted by Crippen LogP contribution is -2.45. The Morgan fingerprint density at radius 2 is 1.17 bits per heavy atom. The predicted octanol–water partition coefficient (Wildman–Crippen LogP) is 6.73. The second-order valence-corrected chi connectivity index (χ2v) is 11.9. The van der Waals surface area contributed by atoms with E-state index in [9.17, 15) is 5.11 Å². The first-order chi connectivity index (χ1) is 17.0. The van der Waals surface area contributed by atoms with Crippen molar-refractivity contribution in [3.63, 3.8) is 0 Å². The second-order valence-electron chi connectivity index (χ2n) is 11.9. The molecule has 0 aromatic heterocycles. The number of hydrogen-bond acceptors (Lipinski definition) is 4. The summed E-state index contributed by atoms with van der Waals surface area (Å²) in [5.74, 6) is 0.411. The Labute approximate surface area is 217 Å². The monoisotopic (exact) mass is 483 g/mol. The number of phenols is 1. The first-order valence-electron chi connectivity index (χ1n) is 13.0. The molecule has 190 valence electrons. The second kappa shape index (κ2) is 10.5. The van der Waals surface area contributed by atoms with E-state index in [-0.39, 0.29) is 16.9 Å². The minimum absolute atomic E-state index is 0.149. The van der Waals surface area contributed by atoms with Gasteiger partial charge in [-0.3, -0.25) is 9.91 Å². The maximum Gasteiger partial charge on any atom is 0.123 e. The van der Waals surface area contributed by atoms with Crippen LogP contribution in [-0.4, -0.2) is 47.4 Å². The lowest BCUT2D eigenvalue weighted by molar-refractivity contribution is 0.113. The van der Waals surface area contributed by atoms with E-state index < -0.39 is 0 Å². The standard InChI is InChI=1S/C32H41N3O/c1-31(2,3)27-21-24(22-28(30(27)36)32(4,5)6)23-33-35-19-17-34(18-20-35)29(25-13-9-7-10-14-25)26-15-11-8-12-16-26/h7-16,21-23,29,36H,17-20H2,1-6H3. The molecule has 1 heterocycles. The Kier molecular flexibility index (Phi) is 7.56. The summed E-state index contributed by atoms with van der Waals surface area (Å²) in [7, 11) is 0. The molecule has 0 spiro atoms. The Hall–Kier alpha value is -3.11. The predicted molar refractivity (Wildman–Crippen MR) is 151 cm³/mol. The lowest BCUT2D eigenvalue weighted by atomic mass is 9.78. The van der Waals surface area contributed by atoms with E-state index in [1.54, 1.807) is 0 Å². The van der Waals surface area contributed by atoms with Crippen LogP contribution in [0.3, 0.4) is 0 Å². The van der Waals surface area contributed by atoms with Crippen molar-refractivity contribution in [3.8, 4) is 5.75 Å². The van der Waals surface area contributed by atoms with Gasteiger partial charge >= 0.3 is 0 Å². The molecule has 0 bridgehead atoms. The molecule has 3 aromatic rings. The third-order valence-corrected chi connectivity index (χ3v) is 7.00. The SMILES string of the molecule is CC(C)(C)c1cc(C=NN2CCN(C(c3ccccc3)c3ccccc3)CC2)cc(C(C)(C)C)c1O. The number of benzene rings is 3. The van der Waals surface area contributed by atoms with Crippen LogP contribution in [-0.2, 0) is 10.8 Å². The van der Waals surface area contributed by atoms with E-state index in [2.05, 4.69) is 124 Å². The number of nitrogens with zero attached hydrogens (tertiary/aromatic N) is 3. The van der Waals surface area contributed by atoms with Crippen molar-refractivity contribution in [1.82, 2.24) is 9.91 Å². The minimum Gasteiger partial charge on any atom is -0.507 e. The van der Waals surface area contributed by atoms with Gasteiger partial charge < -0.3 is 5.11 Å². The number of piperazine rings is 1. The fourth-order valence-electron chi connectivity index (χ4n) is 4.99. The van der Waals surface area contributed by atoms with Crippen LogP contribution in [0.2, 0.25) is 0 Å². The van der Waals surface area contributed by atoms with Crippen LogP contribution < -0.4 is 0 Å². The van der Waals surface area contributed by atoms with Crippen molar-refractivity contribution >= 4 is 6.21 Å². The van der Waals surface area contributed by atoms with Gasteiger partial charge in [0.1, 0.15) is 5.75 Å². The molecule has 3 aromatic carbocycles. The molecule has 0 saturated carbocycles. The van der Waals surface area contributed by atoms with Crippen LogP contribution in [0.1, 0.15) is 75.4 Å². The molecular formula is C32H41N3O. The first-order valence-corrected chi connectivity index (χ1v) is 13.0. The van der Waals surface area contributed by atoms with E-state index in [0.717, 1.165) is 42.9 Å². The van der Waals surface area contributed by atoms with Gasteiger partial charge in [-0.15, -0.1) is 0 Å². The third-order valence-electron chi connectivity index (χ3n) is 7.00. The van der Waals surface area contributed by atoms with E-state index >= 15 is 0 Å². The van der Waals surface area contributed by atoms with Gasteiger partial charge in [-0.25, -0.2) is 0 Å². The summed E-state index contributed by atoms with van der Waals surface area (Å²) in [5, 5.41) is 18.0. The summed E-state index contributed by atoms with van der Waals surface area (Å²) in [6, 6.07) is 26.0. The molecular weight excluding hydrogens is 442 g/mol. The van der Waals surface area contributed by atoms with Crippen LogP contribution in [0.5, 0.6) is 5.75 Å². The normalized spacial score (nSPS) is 15.7. The molecule has 1 aliphatic heterocycles. The smallest absolute Gasteiger partial charge is 0.123 e. The van der Waals surface area contributed by atoms with Crippen molar-refractivity contribution in [2.45, 2.75) is 58.4 Å². The summed E-state index contributed by atoms with van der Waals surface area (Å²) >= 11 is 0. The Bertz CT molecular complexity index is 1090. The quantitative estimate of drug-likeness (QED) is 0.409. The summed E-state index contributed by atoms with van der Waals surface area (Å²) < 4.78 is 0. The fourth-order valence-corrected chi connectivity index (χ4v) is 4.99. The summed E-state index contributed by atoms with van der Waals surface area (Å²) in [6.07, 6.45) is 1.96. The number of hydrogen-bond donors (Lipinski definition) is 1. The van der Waals surface area contributed by atoms with Crippen molar-refractivity contribution in [2.24, 2.45) is 5.10 Å². The van der Waals surface area contributed by atoms with Crippen molar-refractivity contribution < 1.29 is 5.11 Å². The largest absolute Gasteiger partial charge is 0.507 e. The van der Waals surface area contributed by atoms with Crippen LogP contribution in [0.4, 0.5) is 0 Å². The molecule has 36 heavy (non-hydrogen) atoms. The number of rotatable bonds is 5. The zero-order valence-corrected chi connectivity index (χ0v) is 22.7. The zero-order chi connectivity index (χ0) is 25.9. The topological polar surface area (TPSA) is 39.1 Å². The molecule has 1 saturated heterocycles. The van der Waals surface area contributed by atoms with Crippen molar-refractivity contribution in [2.75, 3.05) is 26.2 Å². The van der Waals surface area contributed by atoms with E-state index in [0.29, 0.717) is 5.75 Å². The Morgan fingerprint density at radius 3 is 1.58 bits per heavy atom. The van der Waals surface area contributed by atoms with Crippen LogP contribution in [0.25, 0.3) is 0 Å². The van der Waals surface area contributed by atoms with Gasteiger partial charge in [-0.1, -0.05) is 102 Å². The Balaban J connectivity index is 1.52. The molecule has 4 heteroatoms. The molecule has 0 aliphatic carbocycles. The fraction of sp³-hybridized carbons (Fsp3) is 0.406. The van der Waals surface area contributed by atoms with Gasteiger partial charge in [0, 0.05) is 37.3 Å². The molecule has 1 N–H and O–H groups in total. The average Bonchev–Trinajstić information content (AvgIpc) is 2.84. The van der Waals surface area contributed by atoms with Gasteiger partial charge in [0.05, 0.1) is 12.3 Å². The van der Waals surface area contributed by atoms with Crippen LogP contribution in [0, 0.1) is 0 Å². The highest BCUT2D eigenvalue weighted by Crippen LogP contribution is 2.39. The summed E-state index contributed by atoms with van der Waals surface area (Å²) in [6.45, 7) is 16.5. The maximum atomic E-state index is 11.0. The molecule has 0 unspecified atom stereocenters. The van der Waals surface area contributed by atoms with Crippen molar-refractivity contribution in [1.29, 1.82) is 0 Å². The van der Waals surface area contributed by atoms with Gasteiger partial charge in [0.2, 0.25) is 0 Å². The third kappa shape index (κ3) is 5.99. The molecule has 1 fully saturated rings. The number of aromatic hydroxyl groups is 1. The van der Waals surface area contributed by atoms with Gasteiger partial charge in [-0.2, -0.15) is 5.10 Å². The van der Waals surface area contributed by atoms with Crippen LogP contribution >= 0.6 is 0 Å². The van der Waals surface area contributed by atoms with Gasteiger partial charge in [0.25, 0.3) is 0 Å². The molecule has 0 radical (unpaired) electrons. The highest BCUT2D eigenvalue weighted by atomic mass is 16.3. The maximum absolute atomic E-state index is 11.0. The highest BCUT2D eigenvalue weighted by molar-refractivity contribution is 5.81. The van der Waals surface area contributed by atoms with Crippen LogP contribution in [0.15, 0.2) is 77.9 Å². The Morgan fingerprint density at radius 1 is 0.722 bits per heavy atom. The van der Waals surface area contributed by atoms with E-state index in [4.69, 9.17) is 5.10 Å². The average molecular weight is 484 g/mol. The van der Waals surface area contributed by atoms with Crippen molar-refractivity contribution in [3.05, 3.63) is 101 Å². The van der Waals surface area contributed by atoms with Gasteiger partial charge in [-0.05, 0) is 39.7 Å². The number of phenolic OH excluding ortho intramolecular Hbond substituents is 1. The zero-order valence-electron chi connectivity index (χ0n) is 22.7. The number of hydrazone groups is 1. The molecule has 0 amide bonds. The summed E-state index contributed by atoms with van der Waals surface area (Å²) in [5.41, 5.74) is 5.33. The molecule has 1 aliphatic rings. The van der Waals surface area contributed by atoms with E-state index in [1.807, 2.05) is 6.21 Å². The lowest BCUT2D eigenvalue weighted by Gasteiger charge is -2.38. The first kappa shape index (κ1) is 26.0.